The fourth-order valence-corrected chi connectivity index (χ4v) is 2.25. The summed E-state index contributed by atoms with van der Waals surface area (Å²) < 4.78 is 10.5. The Kier molecular flexibility index (Phi) is 5.51. The van der Waals surface area contributed by atoms with Crippen LogP contribution in [0.4, 0.5) is 10.5 Å². The molecule has 0 spiro atoms. The molecule has 1 aromatic heterocycles. The van der Waals surface area contributed by atoms with Gasteiger partial charge in [0.25, 0.3) is 5.91 Å². The topological polar surface area (TPSA) is 71.8 Å². The SMILES string of the molecule is Cc1occc1C(=O)Nc1ccccc1CN(C)C(=O)OC(C)(C)C. The molecule has 25 heavy (non-hydrogen) atoms. The lowest BCUT2D eigenvalue weighted by molar-refractivity contribution is 0.0285. The van der Waals surface area contributed by atoms with Gasteiger partial charge in [0.1, 0.15) is 11.4 Å². The van der Waals surface area contributed by atoms with Gasteiger partial charge in [-0.05, 0) is 45.4 Å². The zero-order valence-corrected chi connectivity index (χ0v) is 15.3. The third-order valence-electron chi connectivity index (χ3n) is 3.48. The van der Waals surface area contributed by atoms with Gasteiger partial charge in [0, 0.05) is 12.7 Å². The number of para-hydroxylation sites is 1. The van der Waals surface area contributed by atoms with E-state index in [9.17, 15) is 9.59 Å². The molecular weight excluding hydrogens is 320 g/mol. The lowest BCUT2D eigenvalue weighted by atomic mass is 10.1. The summed E-state index contributed by atoms with van der Waals surface area (Å²) in [6.07, 6.45) is 1.06. The molecule has 1 heterocycles. The van der Waals surface area contributed by atoms with Crippen LogP contribution in [0.15, 0.2) is 41.0 Å². The van der Waals surface area contributed by atoms with Gasteiger partial charge < -0.3 is 19.4 Å². The molecule has 2 rings (SSSR count). The molecule has 2 aromatic rings. The van der Waals surface area contributed by atoms with Crippen molar-refractivity contribution in [3.8, 4) is 0 Å². The van der Waals surface area contributed by atoms with E-state index in [2.05, 4.69) is 5.32 Å². The molecule has 0 aliphatic heterocycles. The summed E-state index contributed by atoms with van der Waals surface area (Å²) in [5.41, 5.74) is 1.38. The number of rotatable bonds is 4. The van der Waals surface area contributed by atoms with Crippen molar-refractivity contribution in [1.29, 1.82) is 0 Å². The maximum Gasteiger partial charge on any atom is 0.410 e. The van der Waals surface area contributed by atoms with Gasteiger partial charge in [-0.25, -0.2) is 4.79 Å². The minimum atomic E-state index is -0.558. The Morgan fingerprint density at radius 1 is 1.20 bits per heavy atom. The highest BCUT2D eigenvalue weighted by atomic mass is 16.6. The Morgan fingerprint density at radius 2 is 1.88 bits per heavy atom. The summed E-state index contributed by atoms with van der Waals surface area (Å²) in [6, 6.07) is 8.97. The van der Waals surface area contributed by atoms with Crippen molar-refractivity contribution in [2.45, 2.75) is 39.8 Å². The first-order valence-electron chi connectivity index (χ1n) is 8.05. The van der Waals surface area contributed by atoms with Crippen molar-refractivity contribution in [3.05, 3.63) is 53.5 Å². The second-order valence-electron chi connectivity index (χ2n) is 6.84. The highest BCUT2D eigenvalue weighted by Crippen LogP contribution is 2.20. The van der Waals surface area contributed by atoms with E-state index in [-0.39, 0.29) is 5.91 Å². The zero-order valence-electron chi connectivity index (χ0n) is 15.3. The first kappa shape index (κ1) is 18.6. The Hall–Kier alpha value is -2.76. The standard InChI is InChI=1S/C19H24N2O4/c1-13-15(10-11-24-13)17(22)20-16-9-7-6-8-14(16)12-21(5)18(23)25-19(2,3)4/h6-11H,12H2,1-5H3,(H,20,22). The quantitative estimate of drug-likeness (QED) is 0.902. The molecule has 134 valence electrons. The van der Waals surface area contributed by atoms with Gasteiger partial charge in [0.2, 0.25) is 0 Å². The summed E-state index contributed by atoms with van der Waals surface area (Å²) in [6.45, 7) is 7.51. The van der Waals surface area contributed by atoms with Crippen molar-refractivity contribution >= 4 is 17.7 Å². The molecule has 1 N–H and O–H groups in total. The highest BCUT2D eigenvalue weighted by molar-refractivity contribution is 6.05. The van der Waals surface area contributed by atoms with Crippen LogP contribution in [0, 0.1) is 6.92 Å². The van der Waals surface area contributed by atoms with Gasteiger partial charge in [-0.2, -0.15) is 0 Å². The van der Waals surface area contributed by atoms with Crippen LogP contribution in [-0.4, -0.2) is 29.5 Å². The van der Waals surface area contributed by atoms with Crippen LogP contribution in [0.5, 0.6) is 0 Å². The Bertz CT molecular complexity index is 759. The maximum atomic E-state index is 12.4. The van der Waals surface area contributed by atoms with Crippen LogP contribution in [0.25, 0.3) is 0 Å². The van der Waals surface area contributed by atoms with Gasteiger partial charge >= 0.3 is 6.09 Å². The lowest BCUT2D eigenvalue weighted by Crippen LogP contribution is -2.34. The molecule has 0 fully saturated rings. The summed E-state index contributed by atoms with van der Waals surface area (Å²) in [5.74, 6) is 0.305. The minimum Gasteiger partial charge on any atom is -0.469 e. The molecule has 1 aromatic carbocycles. The van der Waals surface area contributed by atoms with Gasteiger partial charge in [0.15, 0.2) is 0 Å². The minimum absolute atomic E-state index is 0.251. The molecule has 0 bridgehead atoms. The number of aryl methyl sites for hydroxylation is 1. The molecule has 0 atom stereocenters. The third-order valence-corrected chi connectivity index (χ3v) is 3.48. The molecule has 2 amide bonds. The van der Waals surface area contributed by atoms with Gasteiger partial charge in [-0.15, -0.1) is 0 Å². The van der Waals surface area contributed by atoms with Crippen molar-refractivity contribution in [1.82, 2.24) is 4.90 Å². The van der Waals surface area contributed by atoms with E-state index in [4.69, 9.17) is 9.15 Å². The first-order valence-corrected chi connectivity index (χ1v) is 8.05. The maximum absolute atomic E-state index is 12.4. The van der Waals surface area contributed by atoms with E-state index >= 15 is 0 Å². The normalized spacial score (nSPS) is 11.1. The number of nitrogens with one attached hydrogen (secondary N) is 1. The first-order chi connectivity index (χ1) is 11.7. The van der Waals surface area contributed by atoms with Crippen molar-refractivity contribution in [3.63, 3.8) is 0 Å². The number of anilines is 1. The smallest absolute Gasteiger partial charge is 0.410 e. The van der Waals surface area contributed by atoms with Crippen molar-refractivity contribution < 1.29 is 18.7 Å². The highest BCUT2D eigenvalue weighted by Gasteiger charge is 2.21. The van der Waals surface area contributed by atoms with Gasteiger partial charge in [0.05, 0.1) is 18.4 Å². The molecular formula is C19H24N2O4. The zero-order chi connectivity index (χ0) is 18.6. The fourth-order valence-electron chi connectivity index (χ4n) is 2.25. The number of hydrogen-bond donors (Lipinski definition) is 1. The number of nitrogens with zero attached hydrogens (tertiary/aromatic N) is 1. The number of carbonyl (C=O) groups is 2. The molecule has 0 unspecified atom stereocenters. The number of benzene rings is 1. The van der Waals surface area contributed by atoms with Crippen LogP contribution in [0.3, 0.4) is 0 Å². The van der Waals surface area contributed by atoms with Gasteiger partial charge in [-0.3, -0.25) is 4.79 Å². The van der Waals surface area contributed by atoms with Crippen LogP contribution in [-0.2, 0) is 11.3 Å². The van der Waals surface area contributed by atoms with E-state index in [0.717, 1.165) is 5.56 Å². The number of furan rings is 1. The van der Waals surface area contributed by atoms with E-state index in [1.165, 1.54) is 11.2 Å². The largest absolute Gasteiger partial charge is 0.469 e. The number of hydrogen-bond acceptors (Lipinski definition) is 4. The predicted octanol–water partition coefficient (Wildman–Crippen LogP) is 4.21. The average Bonchev–Trinajstić information content (AvgIpc) is 2.93. The number of ether oxygens (including phenoxy) is 1. The summed E-state index contributed by atoms with van der Waals surface area (Å²) >= 11 is 0. The number of amides is 2. The third kappa shape index (κ3) is 5.11. The molecule has 0 aliphatic rings. The fraction of sp³-hybridized carbons (Fsp3) is 0.368. The second kappa shape index (κ2) is 7.42. The van der Waals surface area contributed by atoms with E-state index in [0.29, 0.717) is 23.6 Å². The van der Waals surface area contributed by atoms with Gasteiger partial charge in [-0.1, -0.05) is 18.2 Å². The molecule has 0 saturated carbocycles. The Balaban J connectivity index is 2.11. The molecule has 6 heteroatoms. The molecule has 0 saturated heterocycles. The van der Waals surface area contributed by atoms with Crippen LogP contribution in [0.1, 0.15) is 42.5 Å². The van der Waals surface area contributed by atoms with Crippen LogP contribution < -0.4 is 5.32 Å². The van der Waals surface area contributed by atoms with Crippen LogP contribution in [0.2, 0.25) is 0 Å². The molecule has 0 radical (unpaired) electrons. The van der Waals surface area contributed by atoms with E-state index in [1.54, 1.807) is 26.1 Å². The van der Waals surface area contributed by atoms with Crippen molar-refractivity contribution in [2.24, 2.45) is 0 Å². The second-order valence-corrected chi connectivity index (χ2v) is 6.84. The summed E-state index contributed by atoms with van der Waals surface area (Å²) in [7, 11) is 1.66. The van der Waals surface area contributed by atoms with E-state index < -0.39 is 11.7 Å². The number of carbonyl (C=O) groups excluding carboxylic acids is 2. The Morgan fingerprint density at radius 3 is 2.48 bits per heavy atom. The van der Waals surface area contributed by atoms with Crippen molar-refractivity contribution in [2.75, 3.05) is 12.4 Å². The Labute approximate surface area is 147 Å². The molecule has 6 nitrogen and oxygen atoms in total. The molecule has 0 aliphatic carbocycles. The predicted molar refractivity (Wildman–Crippen MR) is 95.5 cm³/mol. The summed E-state index contributed by atoms with van der Waals surface area (Å²) in [4.78, 5) is 26.0. The lowest BCUT2D eigenvalue weighted by Gasteiger charge is -2.25. The van der Waals surface area contributed by atoms with E-state index in [1.807, 2.05) is 39.0 Å². The average molecular weight is 344 g/mol. The van der Waals surface area contributed by atoms with Crippen LogP contribution >= 0.6 is 0 Å². The summed E-state index contributed by atoms with van der Waals surface area (Å²) in [5, 5.41) is 2.87. The monoisotopic (exact) mass is 344 g/mol.